The number of anilines is 1. The summed E-state index contributed by atoms with van der Waals surface area (Å²) in [5.41, 5.74) is 0.807. The Kier molecular flexibility index (Phi) is 6.23. The minimum Gasteiger partial charge on any atom is -0.508 e. The minimum absolute atomic E-state index is 0.0418. The first kappa shape index (κ1) is 26.9. The summed E-state index contributed by atoms with van der Waals surface area (Å²) in [4.78, 5) is 33.0. The molecule has 5 aliphatic rings. The molecule has 0 radical (unpaired) electrons. The quantitative estimate of drug-likeness (QED) is 0.463. The number of carbonyl (C=O) groups excluding carboxylic acids is 1. The highest BCUT2D eigenvalue weighted by atomic mass is 19.1. The number of phenols is 1. The van der Waals surface area contributed by atoms with Crippen LogP contribution in [0.1, 0.15) is 48.0 Å². The first-order chi connectivity index (χ1) is 20.8. The Hall–Kier alpha value is -3.64. The Morgan fingerprint density at radius 2 is 1.98 bits per heavy atom. The zero-order valence-corrected chi connectivity index (χ0v) is 24.2. The number of phenolic OH excluding ortho intramolecular Hbond substituents is 1. The monoisotopic (exact) mass is 591 g/mol. The Balaban J connectivity index is 1.24. The van der Waals surface area contributed by atoms with Gasteiger partial charge in [0, 0.05) is 63.5 Å². The molecule has 43 heavy (non-hydrogen) atoms. The molecule has 7 heterocycles. The number of nitrogens with zero attached hydrogens (tertiary/aromatic N) is 6. The number of likely N-dealkylation sites (N-methyl/N-ethyl adjacent to an activating group) is 1. The lowest BCUT2D eigenvalue weighted by atomic mass is 9.92. The summed E-state index contributed by atoms with van der Waals surface area (Å²) < 4.78 is 37.3. The zero-order chi connectivity index (χ0) is 29.5. The van der Waals surface area contributed by atoms with Crippen LogP contribution in [0.4, 0.5) is 14.6 Å². The summed E-state index contributed by atoms with van der Waals surface area (Å²) in [6, 6.07) is 3.63. The van der Waals surface area contributed by atoms with Gasteiger partial charge in [-0.15, -0.1) is 0 Å². The lowest BCUT2D eigenvalue weighted by Gasteiger charge is -2.34. The molecule has 3 aromatic rings. The van der Waals surface area contributed by atoms with E-state index >= 15 is 4.39 Å². The van der Waals surface area contributed by atoms with E-state index in [-0.39, 0.29) is 41.0 Å². The number of piperazine rings is 1. The van der Waals surface area contributed by atoms with E-state index in [2.05, 4.69) is 25.1 Å². The van der Waals surface area contributed by atoms with E-state index in [1.54, 1.807) is 24.2 Å². The van der Waals surface area contributed by atoms with Gasteiger partial charge in [0.15, 0.2) is 5.82 Å². The second-order valence-corrected chi connectivity index (χ2v) is 12.9. The molecule has 12 heteroatoms. The molecule has 2 bridgehead atoms. The molecule has 2 N–H and O–H groups in total. The molecule has 4 fully saturated rings. The van der Waals surface area contributed by atoms with Gasteiger partial charge in [0.1, 0.15) is 35.6 Å². The molecule has 0 saturated carbocycles. The molecule has 4 saturated heterocycles. The molecule has 2 aromatic heterocycles. The average Bonchev–Trinajstić information content (AvgIpc) is 3.63. The number of ether oxygens (including phenoxy) is 1. The van der Waals surface area contributed by atoms with E-state index < -0.39 is 17.5 Å². The third-order valence-corrected chi connectivity index (χ3v) is 10.1. The Morgan fingerprint density at radius 3 is 2.79 bits per heavy atom. The fourth-order valence-electron chi connectivity index (χ4n) is 8.03. The van der Waals surface area contributed by atoms with E-state index in [1.807, 2.05) is 0 Å². The van der Waals surface area contributed by atoms with Crippen molar-refractivity contribution in [1.82, 2.24) is 30.1 Å². The number of benzene rings is 1. The summed E-state index contributed by atoms with van der Waals surface area (Å²) in [6.45, 7) is 3.41. The van der Waals surface area contributed by atoms with Crippen LogP contribution in [-0.4, -0.2) is 106 Å². The molecule has 4 atom stereocenters. The van der Waals surface area contributed by atoms with E-state index in [4.69, 9.17) is 9.72 Å². The fourth-order valence-corrected chi connectivity index (χ4v) is 8.03. The van der Waals surface area contributed by atoms with Gasteiger partial charge in [-0.25, -0.2) is 8.78 Å². The fraction of sp³-hybridized carbons (Fsp3) is 0.548. The van der Waals surface area contributed by atoms with Crippen LogP contribution < -0.4 is 15.0 Å². The third kappa shape index (κ3) is 4.40. The van der Waals surface area contributed by atoms with E-state index in [0.717, 1.165) is 32.2 Å². The number of pyridine rings is 1. The second kappa shape index (κ2) is 9.95. The van der Waals surface area contributed by atoms with Crippen LogP contribution in [0.25, 0.3) is 22.2 Å². The predicted molar refractivity (Wildman–Crippen MR) is 156 cm³/mol. The average molecular weight is 592 g/mol. The zero-order valence-electron chi connectivity index (χ0n) is 24.2. The highest BCUT2D eigenvalue weighted by Gasteiger charge is 2.49. The number of halogens is 2. The van der Waals surface area contributed by atoms with Crippen molar-refractivity contribution < 1.29 is 23.4 Å². The van der Waals surface area contributed by atoms with E-state index in [9.17, 15) is 14.3 Å². The molecule has 1 amide bonds. The Bertz CT molecular complexity index is 1630. The number of aromatic nitrogens is 3. The number of hydrogen-bond acceptors (Lipinski definition) is 9. The molecule has 0 aliphatic carbocycles. The molecule has 8 rings (SSSR count). The van der Waals surface area contributed by atoms with Crippen molar-refractivity contribution >= 4 is 22.6 Å². The molecule has 1 aromatic carbocycles. The van der Waals surface area contributed by atoms with Crippen LogP contribution in [0.15, 0.2) is 18.3 Å². The standard InChI is InChI=1S/C31H35F2N7O3/c1-38-8-5-17-9-21(41)10-22(24(17)29(38)42)26-25(33)27-23(12-34-26)28(39-14-19-3-4-20(15-39)35-19)37-30(36-27)43-16-31-6-2-7-40(31)13-18(32)11-31/h9-10,12,18-20,35,41H,2-8,11,13-16H2,1H3/t18-,19-,20+,31+/m1/s1. The van der Waals surface area contributed by atoms with E-state index in [0.29, 0.717) is 73.4 Å². The van der Waals surface area contributed by atoms with Crippen LogP contribution in [0.2, 0.25) is 0 Å². The van der Waals surface area contributed by atoms with Crippen LogP contribution in [-0.2, 0) is 6.42 Å². The van der Waals surface area contributed by atoms with Crippen molar-refractivity contribution in [2.24, 2.45) is 0 Å². The maximum absolute atomic E-state index is 16.7. The van der Waals surface area contributed by atoms with Gasteiger partial charge in [-0.2, -0.15) is 9.97 Å². The Labute approximate surface area is 248 Å². The number of aromatic hydroxyl groups is 1. The molecule has 0 unspecified atom stereocenters. The molecular formula is C31H35F2N7O3. The van der Waals surface area contributed by atoms with Crippen molar-refractivity contribution in [3.8, 4) is 23.0 Å². The van der Waals surface area contributed by atoms with Gasteiger partial charge >= 0.3 is 6.01 Å². The van der Waals surface area contributed by atoms with Gasteiger partial charge < -0.3 is 25.0 Å². The number of amides is 1. The lowest BCUT2D eigenvalue weighted by Crippen LogP contribution is -2.51. The maximum atomic E-state index is 16.7. The predicted octanol–water partition coefficient (Wildman–Crippen LogP) is 3.06. The number of rotatable bonds is 5. The van der Waals surface area contributed by atoms with Gasteiger partial charge in [0.2, 0.25) is 0 Å². The second-order valence-electron chi connectivity index (χ2n) is 12.9. The first-order valence-electron chi connectivity index (χ1n) is 15.3. The largest absolute Gasteiger partial charge is 0.508 e. The van der Waals surface area contributed by atoms with Crippen molar-refractivity contribution in [3.63, 3.8) is 0 Å². The highest BCUT2D eigenvalue weighted by Crippen LogP contribution is 2.41. The molecule has 5 aliphatic heterocycles. The number of alkyl halides is 1. The summed E-state index contributed by atoms with van der Waals surface area (Å²) in [6.07, 6.45) is 5.57. The maximum Gasteiger partial charge on any atom is 0.319 e. The van der Waals surface area contributed by atoms with Crippen molar-refractivity contribution in [2.45, 2.75) is 62.3 Å². The summed E-state index contributed by atoms with van der Waals surface area (Å²) in [5.74, 6) is -0.451. The smallest absolute Gasteiger partial charge is 0.319 e. The van der Waals surface area contributed by atoms with Gasteiger partial charge in [-0.1, -0.05) is 0 Å². The number of hydrogen-bond donors (Lipinski definition) is 2. The molecule has 10 nitrogen and oxygen atoms in total. The third-order valence-electron chi connectivity index (χ3n) is 10.1. The number of carbonyl (C=O) groups is 1. The normalized spacial score (nSPS) is 28.5. The van der Waals surface area contributed by atoms with Crippen molar-refractivity contribution in [3.05, 3.63) is 35.3 Å². The topological polar surface area (TPSA) is 107 Å². The molecular weight excluding hydrogens is 556 g/mol. The summed E-state index contributed by atoms with van der Waals surface area (Å²) >= 11 is 0. The van der Waals surface area contributed by atoms with E-state index in [1.165, 1.54) is 6.07 Å². The number of nitrogens with one attached hydrogen (secondary N) is 1. The van der Waals surface area contributed by atoms with Gasteiger partial charge in [0.25, 0.3) is 5.91 Å². The first-order valence-corrected chi connectivity index (χ1v) is 15.3. The van der Waals surface area contributed by atoms with Crippen LogP contribution >= 0.6 is 0 Å². The van der Waals surface area contributed by atoms with Crippen molar-refractivity contribution in [1.29, 1.82) is 0 Å². The summed E-state index contributed by atoms with van der Waals surface area (Å²) in [7, 11) is 1.70. The number of fused-ring (bicyclic) bond motifs is 5. The lowest BCUT2D eigenvalue weighted by molar-refractivity contribution is 0.0781. The van der Waals surface area contributed by atoms with Crippen LogP contribution in [0.5, 0.6) is 11.8 Å². The highest BCUT2D eigenvalue weighted by molar-refractivity contribution is 6.04. The van der Waals surface area contributed by atoms with Crippen LogP contribution in [0, 0.1) is 5.82 Å². The van der Waals surface area contributed by atoms with Crippen molar-refractivity contribution in [2.75, 3.05) is 51.3 Å². The van der Waals surface area contributed by atoms with Gasteiger partial charge in [0.05, 0.1) is 16.5 Å². The minimum atomic E-state index is -0.894. The summed E-state index contributed by atoms with van der Waals surface area (Å²) in [5, 5.41) is 14.6. The molecule has 226 valence electrons. The van der Waals surface area contributed by atoms with Gasteiger partial charge in [-0.3, -0.25) is 14.7 Å². The SMILES string of the molecule is CN1CCc2cc(O)cc(-c3ncc4c(N5C[C@H]6CC[C@@H](C5)N6)nc(OC[C@@]56CCCN5C[C@H](F)C6)nc4c3F)c2C1=O. The van der Waals surface area contributed by atoms with Gasteiger partial charge in [-0.05, 0) is 56.3 Å². The van der Waals surface area contributed by atoms with Crippen LogP contribution in [0.3, 0.4) is 0 Å². The molecule has 0 spiro atoms. The Morgan fingerprint density at radius 1 is 1.16 bits per heavy atom.